The summed E-state index contributed by atoms with van der Waals surface area (Å²) in [7, 11) is 1.54. The molecular weight excluding hydrogens is 434 g/mol. The van der Waals surface area contributed by atoms with Gasteiger partial charge in [0.25, 0.3) is 11.8 Å². The maximum absolute atomic E-state index is 12.3. The molecule has 0 atom stereocenters. The first-order valence-electron chi connectivity index (χ1n) is 10.7. The van der Waals surface area contributed by atoms with Crippen LogP contribution in [-0.4, -0.2) is 38.4 Å². The van der Waals surface area contributed by atoms with Gasteiger partial charge in [-0.1, -0.05) is 23.8 Å². The van der Waals surface area contributed by atoms with Crippen molar-refractivity contribution in [3.8, 4) is 17.2 Å². The number of amides is 2. The molecule has 176 valence electrons. The van der Waals surface area contributed by atoms with Crippen LogP contribution in [0.4, 0.5) is 5.69 Å². The summed E-state index contributed by atoms with van der Waals surface area (Å²) in [6.45, 7) is 4.08. The van der Waals surface area contributed by atoms with Crippen molar-refractivity contribution in [1.82, 2.24) is 5.43 Å². The number of hydrazone groups is 1. The number of nitrogens with zero attached hydrogens (tertiary/aromatic N) is 1. The zero-order chi connectivity index (χ0) is 24.3. The van der Waals surface area contributed by atoms with Crippen LogP contribution in [0.3, 0.4) is 0 Å². The lowest BCUT2D eigenvalue weighted by Gasteiger charge is -2.12. The molecule has 0 fully saturated rings. The van der Waals surface area contributed by atoms with Crippen LogP contribution >= 0.6 is 0 Å². The molecule has 3 rings (SSSR count). The van der Waals surface area contributed by atoms with Gasteiger partial charge < -0.3 is 19.5 Å². The summed E-state index contributed by atoms with van der Waals surface area (Å²) < 4.78 is 16.4. The number of nitrogens with one attached hydrogen (secondary N) is 2. The fourth-order valence-corrected chi connectivity index (χ4v) is 2.96. The Morgan fingerprint density at radius 1 is 0.971 bits per heavy atom. The first-order chi connectivity index (χ1) is 16.5. The van der Waals surface area contributed by atoms with Gasteiger partial charge in [-0.25, -0.2) is 5.43 Å². The first-order valence-corrected chi connectivity index (χ1v) is 10.7. The summed E-state index contributed by atoms with van der Waals surface area (Å²) >= 11 is 0. The van der Waals surface area contributed by atoms with E-state index in [9.17, 15) is 9.59 Å². The zero-order valence-corrected chi connectivity index (χ0v) is 19.3. The molecule has 8 heteroatoms. The molecule has 3 aromatic rings. The minimum atomic E-state index is -0.361. The number of carbonyl (C=O) groups excluding carboxylic acids is 2. The minimum absolute atomic E-state index is 0.169. The van der Waals surface area contributed by atoms with Crippen LogP contribution in [0.15, 0.2) is 71.8 Å². The van der Waals surface area contributed by atoms with Crippen molar-refractivity contribution >= 4 is 23.7 Å². The quantitative estimate of drug-likeness (QED) is 0.349. The molecule has 2 amide bonds. The van der Waals surface area contributed by atoms with E-state index in [1.54, 1.807) is 42.5 Å². The third-order valence-electron chi connectivity index (χ3n) is 4.67. The van der Waals surface area contributed by atoms with Crippen LogP contribution in [0.5, 0.6) is 17.2 Å². The van der Waals surface area contributed by atoms with E-state index in [0.717, 1.165) is 5.56 Å². The van der Waals surface area contributed by atoms with Gasteiger partial charge in [-0.05, 0) is 67.9 Å². The van der Waals surface area contributed by atoms with Crippen LogP contribution in [0, 0.1) is 6.92 Å². The van der Waals surface area contributed by atoms with Crippen molar-refractivity contribution in [2.24, 2.45) is 5.10 Å². The highest BCUT2D eigenvalue weighted by Gasteiger charge is 2.10. The third-order valence-corrected chi connectivity index (χ3v) is 4.67. The largest absolute Gasteiger partial charge is 0.497 e. The van der Waals surface area contributed by atoms with Gasteiger partial charge in [-0.3, -0.25) is 9.59 Å². The molecule has 0 saturated carbocycles. The normalized spacial score (nSPS) is 10.6. The second-order valence-corrected chi connectivity index (χ2v) is 7.27. The van der Waals surface area contributed by atoms with Gasteiger partial charge in [0, 0.05) is 11.3 Å². The molecule has 0 radical (unpaired) electrons. The van der Waals surface area contributed by atoms with Crippen molar-refractivity contribution in [2.75, 3.05) is 25.6 Å². The van der Waals surface area contributed by atoms with Gasteiger partial charge in [0.15, 0.2) is 18.1 Å². The van der Waals surface area contributed by atoms with Gasteiger partial charge in [0.2, 0.25) is 0 Å². The Balaban J connectivity index is 1.59. The van der Waals surface area contributed by atoms with Crippen molar-refractivity contribution in [1.29, 1.82) is 0 Å². The third kappa shape index (κ3) is 7.09. The van der Waals surface area contributed by atoms with Gasteiger partial charge in [-0.2, -0.15) is 5.10 Å². The van der Waals surface area contributed by atoms with Crippen LogP contribution < -0.4 is 25.0 Å². The number of ether oxygens (including phenoxy) is 3. The maximum atomic E-state index is 12.3. The highest BCUT2D eigenvalue weighted by molar-refractivity contribution is 5.95. The second-order valence-electron chi connectivity index (χ2n) is 7.27. The van der Waals surface area contributed by atoms with Crippen molar-refractivity contribution in [3.63, 3.8) is 0 Å². The van der Waals surface area contributed by atoms with E-state index in [2.05, 4.69) is 15.8 Å². The Morgan fingerprint density at radius 2 is 1.76 bits per heavy atom. The molecule has 0 spiro atoms. The van der Waals surface area contributed by atoms with E-state index in [4.69, 9.17) is 14.2 Å². The lowest BCUT2D eigenvalue weighted by molar-refractivity contribution is -0.118. The molecule has 0 saturated heterocycles. The van der Waals surface area contributed by atoms with E-state index < -0.39 is 0 Å². The van der Waals surface area contributed by atoms with Crippen molar-refractivity contribution in [2.45, 2.75) is 13.8 Å². The highest BCUT2D eigenvalue weighted by Crippen LogP contribution is 2.28. The van der Waals surface area contributed by atoms with Gasteiger partial charge in [0.05, 0.1) is 19.9 Å². The summed E-state index contributed by atoms with van der Waals surface area (Å²) in [5.41, 5.74) is 5.41. The number of aryl methyl sites for hydroxylation is 1. The molecule has 34 heavy (non-hydrogen) atoms. The Hall–Kier alpha value is -4.33. The number of anilines is 1. The molecule has 3 aromatic carbocycles. The molecular formula is C26H27N3O5. The maximum Gasteiger partial charge on any atom is 0.271 e. The van der Waals surface area contributed by atoms with Gasteiger partial charge in [0.1, 0.15) is 5.75 Å². The fraction of sp³-hybridized carbons (Fsp3) is 0.192. The molecule has 0 aliphatic heterocycles. The molecule has 0 aromatic heterocycles. The van der Waals surface area contributed by atoms with Gasteiger partial charge in [-0.15, -0.1) is 0 Å². The smallest absolute Gasteiger partial charge is 0.271 e. The van der Waals surface area contributed by atoms with Crippen molar-refractivity contribution in [3.05, 3.63) is 83.4 Å². The zero-order valence-electron chi connectivity index (χ0n) is 19.3. The van der Waals surface area contributed by atoms with Crippen LogP contribution in [0.2, 0.25) is 0 Å². The Kier molecular flexibility index (Phi) is 8.62. The average Bonchev–Trinajstić information content (AvgIpc) is 2.85. The fourth-order valence-electron chi connectivity index (χ4n) is 2.96. The Bertz CT molecular complexity index is 1160. The first kappa shape index (κ1) is 24.3. The summed E-state index contributed by atoms with van der Waals surface area (Å²) in [5.74, 6) is 0.838. The molecule has 0 aliphatic carbocycles. The predicted octanol–water partition coefficient (Wildman–Crippen LogP) is 4.18. The summed E-state index contributed by atoms with van der Waals surface area (Å²) in [6, 6.07) is 19.4. The van der Waals surface area contributed by atoms with Crippen LogP contribution in [-0.2, 0) is 4.79 Å². The molecule has 0 aliphatic rings. The molecule has 0 heterocycles. The van der Waals surface area contributed by atoms with E-state index in [0.29, 0.717) is 40.7 Å². The van der Waals surface area contributed by atoms with E-state index in [-0.39, 0.29) is 18.4 Å². The van der Waals surface area contributed by atoms with Crippen LogP contribution in [0.1, 0.15) is 28.4 Å². The van der Waals surface area contributed by atoms with Crippen LogP contribution in [0.25, 0.3) is 0 Å². The van der Waals surface area contributed by atoms with Crippen molar-refractivity contribution < 1.29 is 23.8 Å². The number of methoxy groups -OCH3 is 1. The SMILES string of the molecule is CCOc1cc(/C=N\NC(=O)c2cccc(OC)c2)ccc1OCC(=O)Nc1ccc(C)cc1. The monoisotopic (exact) mass is 461 g/mol. The minimum Gasteiger partial charge on any atom is -0.497 e. The topological polar surface area (TPSA) is 98.2 Å². The summed E-state index contributed by atoms with van der Waals surface area (Å²) in [6.07, 6.45) is 1.49. The lowest BCUT2D eigenvalue weighted by Crippen LogP contribution is -2.20. The number of carbonyl (C=O) groups is 2. The second kappa shape index (κ2) is 12.1. The van der Waals surface area contributed by atoms with E-state index in [1.807, 2.05) is 38.1 Å². The predicted molar refractivity (Wildman–Crippen MR) is 131 cm³/mol. The summed E-state index contributed by atoms with van der Waals surface area (Å²) in [5, 5.41) is 6.79. The number of hydrogen-bond acceptors (Lipinski definition) is 6. The highest BCUT2D eigenvalue weighted by atomic mass is 16.5. The standard InChI is InChI=1S/C26H27N3O5/c1-4-33-24-14-19(16-27-29-26(31)20-6-5-7-22(15-20)32-3)10-13-23(24)34-17-25(30)28-21-11-8-18(2)9-12-21/h5-16H,4,17H2,1-3H3,(H,28,30)(H,29,31)/b27-16-. The Morgan fingerprint density at radius 3 is 2.50 bits per heavy atom. The van der Waals surface area contributed by atoms with Gasteiger partial charge >= 0.3 is 0 Å². The number of hydrogen-bond donors (Lipinski definition) is 2. The molecule has 0 bridgehead atoms. The van der Waals surface area contributed by atoms with E-state index >= 15 is 0 Å². The summed E-state index contributed by atoms with van der Waals surface area (Å²) in [4.78, 5) is 24.5. The Labute approximate surface area is 198 Å². The van der Waals surface area contributed by atoms with E-state index in [1.165, 1.54) is 13.3 Å². The number of benzene rings is 3. The lowest BCUT2D eigenvalue weighted by atomic mass is 10.2. The molecule has 8 nitrogen and oxygen atoms in total. The average molecular weight is 462 g/mol. The number of rotatable bonds is 10. The molecule has 0 unspecified atom stereocenters. The molecule has 2 N–H and O–H groups in total.